The molecule has 1 aliphatic carbocycles. The van der Waals surface area contributed by atoms with Crippen molar-refractivity contribution in [3.8, 4) is 0 Å². The fourth-order valence-corrected chi connectivity index (χ4v) is 6.32. The molecule has 0 spiro atoms. The van der Waals surface area contributed by atoms with E-state index in [1.54, 1.807) is 24.3 Å². The Labute approximate surface area is 200 Å². The quantitative estimate of drug-likeness (QED) is 0.555. The monoisotopic (exact) mass is 475 g/mol. The molecule has 1 aliphatic heterocycles. The molecule has 5 rings (SSSR count). The Morgan fingerprint density at radius 1 is 0.971 bits per heavy atom. The van der Waals surface area contributed by atoms with E-state index >= 15 is 0 Å². The van der Waals surface area contributed by atoms with Crippen molar-refractivity contribution in [2.75, 3.05) is 12.4 Å². The van der Waals surface area contributed by atoms with Gasteiger partial charge in [0.2, 0.25) is 0 Å². The molecule has 0 radical (unpaired) electrons. The average Bonchev–Trinajstić information content (AvgIpc) is 3.18. The van der Waals surface area contributed by atoms with Crippen molar-refractivity contribution in [1.82, 2.24) is 10.2 Å². The number of hydrogen-bond acceptors (Lipinski definition) is 4. The van der Waals surface area contributed by atoms with Crippen molar-refractivity contribution in [2.24, 2.45) is 0 Å². The second-order valence-electron chi connectivity index (χ2n) is 9.30. The van der Waals surface area contributed by atoms with Crippen LogP contribution in [0.1, 0.15) is 46.7 Å². The van der Waals surface area contributed by atoms with E-state index in [9.17, 15) is 13.2 Å². The lowest BCUT2D eigenvalue weighted by atomic mass is 9.88. The number of amides is 2. The van der Waals surface area contributed by atoms with Crippen molar-refractivity contribution in [3.05, 3.63) is 94.5 Å². The number of fused-ring (bicyclic) bond motifs is 2. The Bertz CT molecular complexity index is 1320. The van der Waals surface area contributed by atoms with E-state index in [4.69, 9.17) is 0 Å². The normalized spacial score (nSPS) is 17.6. The zero-order chi connectivity index (χ0) is 23.7. The Kier molecular flexibility index (Phi) is 6.15. The number of rotatable bonds is 5. The number of hydrogen-bond donors (Lipinski definition) is 2. The molecule has 0 saturated heterocycles. The van der Waals surface area contributed by atoms with Crippen LogP contribution >= 0.6 is 0 Å². The van der Waals surface area contributed by atoms with Gasteiger partial charge in [-0.1, -0.05) is 42.5 Å². The molecule has 0 fully saturated rings. The van der Waals surface area contributed by atoms with Crippen LogP contribution in [0.2, 0.25) is 0 Å². The third kappa shape index (κ3) is 4.86. The summed E-state index contributed by atoms with van der Waals surface area (Å²) in [4.78, 5) is 15.0. The summed E-state index contributed by atoms with van der Waals surface area (Å²) in [6, 6.07) is 20.2. The molecule has 2 N–H and O–H groups in total. The minimum Gasteiger partial charge on any atom is -0.331 e. The zero-order valence-electron chi connectivity index (χ0n) is 19.3. The molecule has 2 aliphatic rings. The molecule has 0 aromatic heterocycles. The highest BCUT2D eigenvalue weighted by Gasteiger charge is 2.22. The van der Waals surface area contributed by atoms with Gasteiger partial charge in [0.25, 0.3) is 0 Å². The number of urea groups is 1. The molecule has 0 unspecified atom stereocenters. The Hall–Kier alpha value is -3.16. The van der Waals surface area contributed by atoms with Gasteiger partial charge in [0.05, 0.1) is 16.7 Å². The van der Waals surface area contributed by atoms with E-state index in [1.165, 1.54) is 22.3 Å². The van der Waals surface area contributed by atoms with Crippen molar-refractivity contribution >= 4 is 21.6 Å². The van der Waals surface area contributed by atoms with Gasteiger partial charge in [-0.15, -0.1) is 0 Å². The lowest BCUT2D eigenvalue weighted by Crippen LogP contribution is -2.34. The van der Waals surface area contributed by atoms with Crippen LogP contribution in [-0.2, 0) is 35.1 Å². The van der Waals surface area contributed by atoms with Crippen LogP contribution in [0.15, 0.2) is 71.6 Å². The van der Waals surface area contributed by atoms with Crippen LogP contribution in [0.5, 0.6) is 0 Å². The summed E-state index contributed by atoms with van der Waals surface area (Å²) in [7, 11) is -1.43. The van der Waals surface area contributed by atoms with E-state index in [0.29, 0.717) is 5.69 Å². The second-order valence-corrected chi connectivity index (χ2v) is 11.3. The van der Waals surface area contributed by atoms with Crippen molar-refractivity contribution in [3.63, 3.8) is 0 Å². The highest BCUT2D eigenvalue weighted by atomic mass is 32.2. The minimum absolute atomic E-state index is 0.0169. The summed E-state index contributed by atoms with van der Waals surface area (Å²) in [5, 5.41) is 5.88. The van der Waals surface area contributed by atoms with Crippen LogP contribution in [0.4, 0.5) is 10.5 Å². The number of nitrogens with zero attached hydrogens (tertiary/aromatic N) is 1. The van der Waals surface area contributed by atoms with E-state index in [1.807, 2.05) is 30.3 Å². The number of carbonyl (C=O) groups is 1. The Balaban J connectivity index is 1.22. The molecule has 7 heteroatoms. The number of anilines is 1. The molecule has 0 bridgehead atoms. The smallest absolute Gasteiger partial charge is 0.319 e. The van der Waals surface area contributed by atoms with Gasteiger partial charge >= 0.3 is 6.03 Å². The lowest BCUT2D eigenvalue weighted by molar-refractivity contribution is 0.247. The summed E-state index contributed by atoms with van der Waals surface area (Å²) in [6.07, 6.45) is 2.98. The maximum absolute atomic E-state index is 13.0. The van der Waals surface area contributed by atoms with Gasteiger partial charge in [-0.3, -0.25) is 4.90 Å². The fraction of sp³-hybridized carbons (Fsp3) is 0.296. The summed E-state index contributed by atoms with van der Waals surface area (Å²) in [5.74, 6) is -0.0433. The fourth-order valence-electron chi connectivity index (χ4n) is 4.99. The molecule has 34 heavy (non-hydrogen) atoms. The molecular formula is C27H29N3O3S. The highest BCUT2D eigenvalue weighted by Crippen LogP contribution is 2.29. The molecule has 3 aromatic carbocycles. The first-order valence-corrected chi connectivity index (χ1v) is 13.3. The third-order valence-corrected chi connectivity index (χ3v) is 8.36. The van der Waals surface area contributed by atoms with Gasteiger partial charge in [-0.05, 0) is 78.4 Å². The largest absolute Gasteiger partial charge is 0.331 e. The van der Waals surface area contributed by atoms with Crippen LogP contribution in [-0.4, -0.2) is 26.4 Å². The van der Waals surface area contributed by atoms with Gasteiger partial charge in [0.1, 0.15) is 0 Å². The highest BCUT2D eigenvalue weighted by molar-refractivity contribution is 7.90. The Morgan fingerprint density at radius 2 is 1.74 bits per heavy atom. The predicted octanol–water partition coefficient (Wildman–Crippen LogP) is 4.81. The van der Waals surface area contributed by atoms with Gasteiger partial charge in [-0.25, -0.2) is 13.2 Å². The summed E-state index contributed by atoms with van der Waals surface area (Å²) < 4.78 is 25.9. The van der Waals surface area contributed by atoms with Crippen LogP contribution < -0.4 is 10.6 Å². The van der Waals surface area contributed by atoms with E-state index in [0.717, 1.165) is 37.9 Å². The maximum Gasteiger partial charge on any atom is 0.319 e. The lowest BCUT2D eigenvalue weighted by Gasteiger charge is -2.26. The van der Waals surface area contributed by atoms with Gasteiger partial charge in [0, 0.05) is 18.8 Å². The van der Waals surface area contributed by atoms with Crippen molar-refractivity contribution in [2.45, 2.75) is 49.0 Å². The molecule has 1 heterocycles. The van der Waals surface area contributed by atoms with Crippen molar-refractivity contribution < 1.29 is 13.2 Å². The van der Waals surface area contributed by atoms with Gasteiger partial charge < -0.3 is 10.6 Å². The van der Waals surface area contributed by atoms with Crippen LogP contribution in [0.25, 0.3) is 0 Å². The number of aryl methyl sites for hydroxylation is 1. The third-order valence-electron chi connectivity index (χ3n) is 6.65. The first-order chi connectivity index (χ1) is 16.4. The molecular weight excluding hydrogens is 446 g/mol. The first-order valence-electron chi connectivity index (χ1n) is 11.6. The molecule has 3 aromatic rings. The van der Waals surface area contributed by atoms with Gasteiger partial charge in [-0.2, -0.15) is 0 Å². The van der Waals surface area contributed by atoms with E-state index in [2.05, 4.69) is 34.7 Å². The second kappa shape index (κ2) is 9.24. The summed E-state index contributed by atoms with van der Waals surface area (Å²) in [5.41, 5.74) is 6.26. The Morgan fingerprint density at radius 3 is 2.56 bits per heavy atom. The SMILES string of the molecule is CN1Cc2ccc(CS(=O)(=O)c3ccc(NC(=O)N[C@H]4CCCc5ccccc54)cc3)cc2C1. The molecule has 176 valence electrons. The number of sulfone groups is 1. The van der Waals surface area contributed by atoms with E-state index < -0.39 is 9.84 Å². The van der Waals surface area contributed by atoms with Crippen LogP contribution in [0.3, 0.4) is 0 Å². The zero-order valence-corrected chi connectivity index (χ0v) is 20.1. The topological polar surface area (TPSA) is 78.5 Å². The molecule has 1 atom stereocenters. The summed E-state index contributed by atoms with van der Waals surface area (Å²) in [6.45, 7) is 1.75. The first kappa shape index (κ1) is 22.6. The van der Waals surface area contributed by atoms with Crippen LogP contribution in [0, 0.1) is 0 Å². The number of carbonyl (C=O) groups excluding carboxylic acids is 1. The van der Waals surface area contributed by atoms with Crippen molar-refractivity contribution in [1.29, 1.82) is 0 Å². The predicted molar refractivity (Wildman–Crippen MR) is 133 cm³/mol. The minimum atomic E-state index is -3.49. The van der Waals surface area contributed by atoms with Gasteiger partial charge in [0.15, 0.2) is 9.84 Å². The molecule has 0 saturated carbocycles. The molecule has 6 nitrogen and oxygen atoms in total. The van der Waals surface area contributed by atoms with E-state index in [-0.39, 0.29) is 22.7 Å². The standard InChI is InChI=1S/C27H29N3O3S/c1-30-16-21-10-9-19(15-22(21)17-30)18-34(32,33)24-13-11-23(12-14-24)28-27(31)29-26-8-4-6-20-5-2-3-7-25(20)26/h2-3,5,7,9-15,26H,4,6,8,16-18H2,1H3,(H2,28,29,31)/t26-/m0/s1. The maximum atomic E-state index is 13.0. The number of benzene rings is 3. The summed E-state index contributed by atoms with van der Waals surface area (Å²) >= 11 is 0. The number of nitrogens with one attached hydrogen (secondary N) is 2. The molecule has 2 amide bonds. The average molecular weight is 476 g/mol.